The van der Waals surface area contributed by atoms with Gasteiger partial charge in [-0.2, -0.15) is 0 Å². The molecule has 3 nitrogen and oxygen atoms in total. The van der Waals surface area contributed by atoms with Crippen molar-refractivity contribution in [3.63, 3.8) is 0 Å². The Labute approximate surface area is 111 Å². The number of allylic oxidation sites excluding steroid dienone is 2. The molecular formula is C15H27NO2. The van der Waals surface area contributed by atoms with Gasteiger partial charge in [-0.15, -0.1) is 0 Å². The molecule has 1 amide bonds. The number of carbonyl (C=O) groups is 1. The Morgan fingerprint density at radius 1 is 1.33 bits per heavy atom. The molecule has 1 rings (SSSR count). The van der Waals surface area contributed by atoms with Gasteiger partial charge in [0.2, 0.25) is 0 Å². The summed E-state index contributed by atoms with van der Waals surface area (Å²) in [4.78, 5) is 11.8. The second-order valence-electron chi connectivity index (χ2n) is 5.77. The molecule has 0 aliphatic heterocycles. The minimum Gasteiger partial charge on any atom is -0.446 e. The maximum absolute atomic E-state index is 11.8. The number of nitrogens with one attached hydrogen (secondary N) is 1. The molecule has 0 fully saturated rings. The highest BCUT2D eigenvalue weighted by Crippen LogP contribution is 2.17. The summed E-state index contributed by atoms with van der Waals surface area (Å²) in [5.74, 6) is 0. The van der Waals surface area contributed by atoms with Crippen LogP contribution in [0.15, 0.2) is 12.2 Å². The van der Waals surface area contributed by atoms with Crippen LogP contribution in [0, 0.1) is 0 Å². The van der Waals surface area contributed by atoms with Crippen LogP contribution in [0.3, 0.4) is 0 Å². The van der Waals surface area contributed by atoms with Gasteiger partial charge in [0.05, 0.1) is 0 Å². The second kappa shape index (κ2) is 7.45. The fourth-order valence-corrected chi connectivity index (χ4v) is 2.39. The van der Waals surface area contributed by atoms with Gasteiger partial charge in [0.1, 0.15) is 6.10 Å². The van der Waals surface area contributed by atoms with Crippen LogP contribution in [-0.2, 0) is 4.74 Å². The SMILES string of the molecule is CCCC(C)(C)NC(=O)OC1CC/C=C/CCC1. The molecule has 0 saturated heterocycles. The van der Waals surface area contributed by atoms with Gasteiger partial charge in [-0.25, -0.2) is 4.79 Å². The van der Waals surface area contributed by atoms with Crippen molar-refractivity contribution in [2.75, 3.05) is 0 Å². The maximum Gasteiger partial charge on any atom is 0.407 e. The van der Waals surface area contributed by atoms with E-state index in [2.05, 4.69) is 24.4 Å². The number of ether oxygens (including phenoxy) is 1. The standard InChI is InChI=1S/C15H27NO2/c1-4-12-15(2,3)16-14(17)18-13-10-8-6-5-7-9-11-13/h5-6,13H,4,7-12H2,1-3H3,(H,16,17)/b6-5+. The van der Waals surface area contributed by atoms with Gasteiger partial charge >= 0.3 is 6.09 Å². The molecule has 104 valence electrons. The van der Waals surface area contributed by atoms with Gasteiger partial charge in [-0.1, -0.05) is 25.5 Å². The Hall–Kier alpha value is -0.990. The fourth-order valence-electron chi connectivity index (χ4n) is 2.39. The summed E-state index contributed by atoms with van der Waals surface area (Å²) < 4.78 is 5.53. The third-order valence-electron chi connectivity index (χ3n) is 3.31. The molecule has 0 aromatic carbocycles. The Balaban J connectivity index is 2.36. The van der Waals surface area contributed by atoms with E-state index in [4.69, 9.17) is 4.74 Å². The third-order valence-corrected chi connectivity index (χ3v) is 3.31. The van der Waals surface area contributed by atoms with E-state index in [9.17, 15) is 4.79 Å². The molecule has 0 spiro atoms. The van der Waals surface area contributed by atoms with Gasteiger partial charge in [0, 0.05) is 5.54 Å². The van der Waals surface area contributed by atoms with Crippen LogP contribution in [0.4, 0.5) is 4.79 Å². The topological polar surface area (TPSA) is 38.3 Å². The molecule has 1 aliphatic carbocycles. The van der Waals surface area contributed by atoms with E-state index in [1.807, 2.05) is 13.8 Å². The zero-order valence-corrected chi connectivity index (χ0v) is 12.0. The van der Waals surface area contributed by atoms with E-state index in [-0.39, 0.29) is 17.7 Å². The highest BCUT2D eigenvalue weighted by molar-refractivity contribution is 5.68. The number of carbonyl (C=O) groups excluding carboxylic acids is 1. The zero-order chi connectivity index (χ0) is 13.4. The first-order valence-corrected chi connectivity index (χ1v) is 7.17. The van der Waals surface area contributed by atoms with Gasteiger partial charge in [-0.05, 0) is 52.4 Å². The van der Waals surface area contributed by atoms with Crippen molar-refractivity contribution in [3.05, 3.63) is 12.2 Å². The highest BCUT2D eigenvalue weighted by atomic mass is 16.6. The Kier molecular flexibility index (Phi) is 6.23. The molecule has 0 aromatic heterocycles. The second-order valence-corrected chi connectivity index (χ2v) is 5.77. The van der Waals surface area contributed by atoms with Crippen molar-refractivity contribution in [3.8, 4) is 0 Å². The number of hydrogen-bond donors (Lipinski definition) is 1. The summed E-state index contributed by atoms with van der Waals surface area (Å²) in [7, 11) is 0. The number of amides is 1. The van der Waals surface area contributed by atoms with Crippen LogP contribution in [0.5, 0.6) is 0 Å². The zero-order valence-electron chi connectivity index (χ0n) is 12.0. The monoisotopic (exact) mass is 253 g/mol. The lowest BCUT2D eigenvalue weighted by molar-refractivity contribution is 0.0790. The van der Waals surface area contributed by atoms with Gasteiger partial charge < -0.3 is 10.1 Å². The Morgan fingerprint density at radius 2 is 2.06 bits per heavy atom. The van der Waals surface area contributed by atoms with Crippen LogP contribution >= 0.6 is 0 Å². The van der Waals surface area contributed by atoms with Gasteiger partial charge in [0.25, 0.3) is 0 Å². The van der Waals surface area contributed by atoms with Crippen LogP contribution in [0.2, 0.25) is 0 Å². The van der Waals surface area contributed by atoms with Crippen LogP contribution in [0.25, 0.3) is 0 Å². The van der Waals surface area contributed by atoms with Crippen molar-refractivity contribution >= 4 is 6.09 Å². The van der Waals surface area contributed by atoms with Crippen LogP contribution in [-0.4, -0.2) is 17.7 Å². The molecule has 1 atom stereocenters. The lowest BCUT2D eigenvalue weighted by Gasteiger charge is -2.27. The molecule has 0 aromatic rings. The third kappa shape index (κ3) is 6.08. The first-order valence-electron chi connectivity index (χ1n) is 7.17. The minimum atomic E-state index is -0.261. The van der Waals surface area contributed by atoms with E-state index in [1.54, 1.807) is 0 Å². The Morgan fingerprint density at radius 3 is 2.78 bits per heavy atom. The summed E-state index contributed by atoms with van der Waals surface area (Å²) >= 11 is 0. The summed E-state index contributed by atoms with van der Waals surface area (Å²) in [6.45, 7) is 6.20. The molecule has 0 bridgehead atoms. The lowest BCUT2D eigenvalue weighted by Crippen LogP contribution is -2.44. The van der Waals surface area contributed by atoms with Crippen LogP contribution in [0.1, 0.15) is 65.7 Å². The molecule has 1 aliphatic rings. The molecule has 0 heterocycles. The quantitative estimate of drug-likeness (QED) is 0.763. The molecule has 3 heteroatoms. The predicted octanol–water partition coefficient (Wildman–Crippen LogP) is 4.18. The first-order chi connectivity index (χ1) is 8.53. The summed E-state index contributed by atoms with van der Waals surface area (Å²) in [6.07, 6.45) is 11.4. The lowest BCUT2D eigenvalue weighted by atomic mass is 9.99. The number of rotatable bonds is 4. The average molecular weight is 253 g/mol. The summed E-state index contributed by atoms with van der Waals surface area (Å²) in [5.41, 5.74) is -0.173. The van der Waals surface area contributed by atoms with E-state index < -0.39 is 0 Å². The van der Waals surface area contributed by atoms with E-state index >= 15 is 0 Å². The fraction of sp³-hybridized carbons (Fsp3) is 0.800. The van der Waals surface area contributed by atoms with E-state index in [0.29, 0.717) is 0 Å². The van der Waals surface area contributed by atoms with Crippen molar-refractivity contribution in [2.45, 2.75) is 77.4 Å². The Bertz CT molecular complexity index is 284. The normalized spacial score (nSPS) is 22.7. The van der Waals surface area contributed by atoms with Gasteiger partial charge in [0.15, 0.2) is 0 Å². The smallest absolute Gasteiger partial charge is 0.407 e. The maximum atomic E-state index is 11.8. The predicted molar refractivity (Wildman–Crippen MR) is 74.6 cm³/mol. The van der Waals surface area contributed by atoms with Crippen LogP contribution < -0.4 is 5.32 Å². The van der Waals surface area contributed by atoms with E-state index in [0.717, 1.165) is 44.9 Å². The molecule has 1 unspecified atom stereocenters. The van der Waals surface area contributed by atoms with Crippen molar-refractivity contribution < 1.29 is 9.53 Å². The minimum absolute atomic E-state index is 0.0763. The van der Waals surface area contributed by atoms with E-state index in [1.165, 1.54) is 0 Å². The van der Waals surface area contributed by atoms with Gasteiger partial charge in [-0.3, -0.25) is 0 Å². The molecular weight excluding hydrogens is 226 g/mol. The molecule has 0 radical (unpaired) electrons. The molecule has 1 N–H and O–H groups in total. The highest BCUT2D eigenvalue weighted by Gasteiger charge is 2.22. The summed E-state index contributed by atoms with van der Waals surface area (Å²) in [6, 6.07) is 0. The molecule has 0 saturated carbocycles. The molecule has 18 heavy (non-hydrogen) atoms. The van der Waals surface area contributed by atoms with Crippen molar-refractivity contribution in [1.29, 1.82) is 0 Å². The average Bonchev–Trinajstić information content (AvgIpc) is 2.20. The van der Waals surface area contributed by atoms with Crippen molar-refractivity contribution in [2.24, 2.45) is 0 Å². The summed E-state index contributed by atoms with van der Waals surface area (Å²) in [5, 5.41) is 2.96. The van der Waals surface area contributed by atoms with Crippen molar-refractivity contribution in [1.82, 2.24) is 5.32 Å². The largest absolute Gasteiger partial charge is 0.446 e. The first kappa shape index (κ1) is 15.1. The number of hydrogen-bond acceptors (Lipinski definition) is 2. The number of alkyl carbamates (subject to hydrolysis) is 1.